The van der Waals surface area contributed by atoms with Gasteiger partial charge in [-0.1, -0.05) is 0 Å². The van der Waals surface area contributed by atoms with Crippen LogP contribution in [0.2, 0.25) is 5.32 Å². The fourth-order valence-electron chi connectivity index (χ4n) is 0.961. The SMILES string of the molecule is C=CC[Se]c1ccc(F)cc1CO. The summed E-state index contributed by atoms with van der Waals surface area (Å²) in [7, 11) is 0. The van der Waals surface area contributed by atoms with Crippen molar-refractivity contribution in [2.75, 3.05) is 0 Å². The molecular weight excluding hydrogens is 234 g/mol. The fourth-order valence-corrected chi connectivity index (χ4v) is 2.58. The molecule has 0 radical (unpaired) electrons. The van der Waals surface area contributed by atoms with Crippen LogP contribution in [0.5, 0.6) is 0 Å². The van der Waals surface area contributed by atoms with Crippen molar-refractivity contribution in [3.63, 3.8) is 0 Å². The molecule has 0 saturated carbocycles. The van der Waals surface area contributed by atoms with Gasteiger partial charge in [0.1, 0.15) is 0 Å². The molecule has 0 aliphatic heterocycles. The summed E-state index contributed by atoms with van der Waals surface area (Å²) < 4.78 is 13.8. The van der Waals surface area contributed by atoms with E-state index in [1.165, 1.54) is 12.1 Å². The number of halogens is 1. The number of benzene rings is 1. The van der Waals surface area contributed by atoms with Gasteiger partial charge in [0.2, 0.25) is 0 Å². The predicted octanol–water partition coefficient (Wildman–Crippen LogP) is 1.25. The van der Waals surface area contributed by atoms with Crippen LogP contribution in [0.4, 0.5) is 4.39 Å². The van der Waals surface area contributed by atoms with Gasteiger partial charge in [-0.05, 0) is 0 Å². The molecule has 0 aromatic heterocycles. The van der Waals surface area contributed by atoms with Crippen LogP contribution in [0.3, 0.4) is 0 Å². The van der Waals surface area contributed by atoms with Gasteiger partial charge in [-0.3, -0.25) is 0 Å². The number of hydrogen-bond donors (Lipinski definition) is 1. The van der Waals surface area contributed by atoms with Gasteiger partial charge in [-0.2, -0.15) is 0 Å². The van der Waals surface area contributed by atoms with Crippen molar-refractivity contribution < 1.29 is 9.50 Å². The fraction of sp³-hybridized carbons (Fsp3) is 0.200. The molecular formula is C10H11FOSe. The van der Waals surface area contributed by atoms with Crippen molar-refractivity contribution in [3.8, 4) is 0 Å². The molecule has 0 spiro atoms. The van der Waals surface area contributed by atoms with Gasteiger partial charge in [0.15, 0.2) is 0 Å². The van der Waals surface area contributed by atoms with E-state index < -0.39 is 0 Å². The summed E-state index contributed by atoms with van der Waals surface area (Å²) in [5, 5.41) is 9.87. The van der Waals surface area contributed by atoms with Crippen molar-refractivity contribution in [2.24, 2.45) is 0 Å². The van der Waals surface area contributed by atoms with E-state index in [2.05, 4.69) is 6.58 Å². The Labute approximate surface area is 83.4 Å². The molecule has 0 unspecified atom stereocenters. The van der Waals surface area contributed by atoms with Crippen molar-refractivity contribution in [2.45, 2.75) is 11.9 Å². The second kappa shape index (κ2) is 5.18. The molecule has 3 heteroatoms. The molecule has 0 aliphatic rings. The van der Waals surface area contributed by atoms with Gasteiger partial charge < -0.3 is 0 Å². The molecule has 13 heavy (non-hydrogen) atoms. The Balaban J connectivity index is 2.85. The Morgan fingerprint density at radius 1 is 1.54 bits per heavy atom. The van der Waals surface area contributed by atoms with Crippen LogP contribution < -0.4 is 4.46 Å². The Hall–Kier alpha value is -0.631. The monoisotopic (exact) mass is 246 g/mol. The molecule has 1 aromatic carbocycles. The Morgan fingerprint density at radius 2 is 2.31 bits per heavy atom. The van der Waals surface area contributed by atoms with Gasteiger partial charge in [0, 0.05) is 0 Å². The molecule has 0 heterocycles. The summed E-state index contributed by atoms with van der Waals surface area (Å²) in [5.41, 5.74) is 0.696. The van der Waals surface area contributed by atoms with E-state index in [1.54, 1.807) is 6.07 Å². The summed E-state index contributed by atoms with van der Waals surface area (Å²) in [6, 6.07) is 4.56. The van der Waals surface area contributed by atoms with Crippen molar-refractivity contribution >= 4 is 19.4 Å². The van der Waals surface area contributed by atoms with Gasteiger partial charge in [0.05, 0.1) is 0 Å². The number of aliphatic hydroxyl groups is 1. The van der Waals surface area contributed by atoms with Crippen LogP contribution in [0.1, 0.15) is 5.56 Å². The molecule has 1 nitrogen and oxygen atoms in total. The van der Waals surface area contributed by atoms with Gasteiger partial charge in [-0.15, -0.1) is 0 Å². The molecule has 0 saturated heterocycles. The minimum absolute atomic E-state index is 0.0913. The van der Waals surface area contributed by atoms with E-state index in [9.17, 15) is 4.39 Å². The third-order valence-corrected chi connectivity index (χ3v) is 3.88. The first-order chi connectivity index (χ1) is 6.27. The third-order valence-electron chi connectivity index (χ3n) is 1.55. The van der Waals surface area contributed by atoms with E-state index in [0.717, 1.165) is 9.78 Å². The van der Waals surface area contributed by atoms with Gasteiger partial charge in [0.25, 0.3) is 0 Å². The first-order valence-corrected chi connectivity index (χ1v) is 5.97. The maximum atomic E-state index is 12.7. The second-order valence-electron chi connectivity index (χ2n) is 2.51. The first-order valence-electron chi connectivity index (χ1n) is 3.91. The Kier molecular flexibility index (Phi) is 4.16. The van der Waals surface area contributed by atoms with Gasteiger partial charge >= 0.3 is 83.1 Å². The molecule has 1 rings (SSSR count). The molecule has 1 N–H and O–H groups in total. The van der Waals surface area contributed by atoms with E-state index in [1.807, 2.05) is 6.08 Å². The number of rotatable bonds is 4. The standard InChI is InChI=1S/C10H11FOSe/c1-2-5-13-10-4-3-9(11)6-8(10)7-12/h2-4,6,12H,1,5,7H2. The zero-order chi connectivity index (χ0) is 9.68. The Bertz CT molecular complexity index is 299. The van der Waals surface area contributed by atoms with Crippen LogP contribution in [-0.4, -0.2) is 20.1 Å². The first kappa shape index (κ1) is 10.5. The second-order valence-corrected chi connectivity index (χ2v) is 4.74. The van der Waals surface area contributed by atoms with Crippen molar-refractivity contribution in [1.29, 1.82) is 0 Å². The van der Waals surface area contributed by atoms with Crippen LogP contribution in [-0.2, 0) is 6.61 Å². The molecule has 1 aromatic rings. The molecule has 0 atom stereocenters. The molecule has 0 aliphatic carbocycles. The van der Waals surface area contributed by atoms with Crippen molar-refractivity contribution in [3.05, 3.63) is 42.2 Å². The number of hydrogen-bond acceptors (Lipinski definition) is 1. The van der Waals surface area contributed by atoms with Crippen LogP contribution in [0.15, 0.2) is 30.9 Å². The van der Waals surface area contributed by atoms with Crippen LogP contribution in [0, 0.1) is 5.82 Å². The normalized spacial score (nSPS) is 10.0. The van der Waals surface area contributed by atoms with Crippen LogP contribution >= 0.6 is 0 Å². The summed E-state index contributed by atoms with van der Waals surface area (Å²) in [6.07, 6.45) is 1.84. The summed E-state index contributed by atoms with van der Waals surface area (Å²) in [6.45, 7) is 3.54. The zero-order valence-corrected chi connectivity index (χ0v) is 8.88. The van der Waals surface area contributed by atoms with E-state index in [-0.39, 0.29) is 27.4 Å². The average Bonchev–Trinajstić information content (AvgIpc) is 2.16. The third kappa shape index (κ3) is 2.96. The Morgan fingerprint density at radius 3 is 2.92 bits per heavy atom. The molecule has 0 bridgehead atoms. The van der Waals surface area contributed by atoms with Crippen LogP contribution in [0.25, 0.3) is 0 Å². The van der Waals surface area contributed by atoms with E-state index >= 15 is 0 Å². The molecule has 0 fully saturated rings. The quantitative estimate of drug-likeness (QED) is 0.625. The van der Waals surface area contributed by atoms with E-state index in [0.29, 0.717) is 5.56 Å². The minimum atomic E-state index is -0.290. The maximum absolute atomic E-state index is 12.7. The summed E-state index contributed by atoms with van der Waals surface area (Å²) >= 11 is 0.257. The molecule has 0 amide bonds. The average molecular weight is 245 g/mol. The van der Waals surface area contributed by atoms with E-state index in [4.69, 9.17) is 5.11 Å². The number of aliphatic hydroxyl groups excluding tert-OH is 1. The summed E-state index contributed by atoms with van der Waals surface area (Å²) in [4.78, 5) is 0. The zero-order valence-electron chi connectivity index (χ0n) is 7.16. The van der Waals surface area contributed by atoms with Gasteiger partial charge in [-0.25, -0.2) is 0 Å². The predicted molar refractivity (Wildman–Crippen MR) is 52.7 cm³/mol. The number of allylic oxidation sites excluding steroid dienone is 1. The topological polar surface area (TPSA) is 20.2 Å². The summed E-state index contributed by atoms with van der Waals surface area (Å²) in [5.74, 6) is -0.290. The van der Waals surface area contributed by atoms with Crippen molar-refractivity contribution in [1.82, 2.24) is 0 Å². The molecule has 70 valence electrons.